The van der Waals surface area contributed by atoms with E-state index in [0.29, 0.717) is 0 Å². The van der Waals surface area contributed by atoms with E-state index in [0.717, 1.165) is 19.9 Å². The Labute approximate surface area is 113 Å². The molecule has 1 amide bonds. The molecule has 0 spiro atoms. The molecule has 2 aromatic rings. The van der Waals surface area contributed by atoms with Crippen molar-refractivity contribution in [2.75, 3.05) is 11.9 Å². The van der Waals surface area contributed by atoms with Gasteiger partial charge in [0.25, 0.3) is 5.91 Å². The van der Waals surface area contributed by atoms with Gasteiger partial charge < -0.3 is 4.90 Å². The maximum absolute atomic E-state index is 12.2. The summed E-state index contributed by atoms with van der Waals surface area (Å²) >= 11 is 4.82. The average molecular weight is 310 g/mol. The molecule has 0 atom stereocenters. The molecule has 4 heteroatoms. The highest BCUT2D eigenvalue weighted by Crippen LogP contribution is 2.26. The van der Waals surface area contributed by atoms with Gasteiger partial charge in [-0.25, -0.2) is 0 Å². The van der Waals surface area contributed by atoms with Crippen LogP contribution in [0.3, 0.4) is 0 Å². The fraction of sp³-hybridized carbons (Fsp3) is 0.154. The van der Waals surface area contributed by atoms with Crippen LogP contribution in [0.15, 0.2) is 40.2 Å². The van der Waals surface area contributed by atoms with E-state index in [1.54, 1.807) is 11.9 Å². The first kappa shape index (κ1) is 12.3. The number of carbonyl (C=O) groups is 1. The smallest absolute Gasteiger partial charge is 0.268 e. The number of halogens is 1. The second kappa shape index (κ2) is 5.02. The highest BCUT2D eigenvalue weighted by atomic mass is 79.9. The maximum atomic E-state index is 12.2. The molecule has 2 nitrogen and oxygen atoms in total. The van der Waals surface area contributed by atoms with Crippen LogP contribution >= 0.6 is 27.3 Å². The maximum Gasteiger partial charge on any atom is 0.268 e. The number of thiophene rings is 1. The van der Waals surface area contributed by atoms with Crippen LogP contribution in [0.25, 0.3) is 0 Å². The lowest BCUT2D eigenvalue weighted by Gasteiger charge is -2.18. The number of amides is 1. The van der Waals surface area contributed by atoms with Gasteiger partial charge in [0.1, 0.15) is 0 Å². The zero-order valence-electron chi connectivity index (χ0n) is 9.61. The third-order valence-electron chi connectivity index (χ3n) is 2.57. The number of rotatable bonds is 2. The molecule has 0 unspecified atom stereocenters. The minimum Gasteiger partial charge on any atom is -0.310 e. The van der Waals surface area contributed by atoms with Gasteiger partial charge in [-0.05, 0) is 46.6 Å². The molecule has 0 bridgehead atoms. The molecule has 2 rings (SSSR count). The van der Waals surface area contributed by atoms with Gasteiger partial charge in [0.15, 0.2) is 0 Å². The van der Waals surface area contributed by atoms with Crippen LogP contribution < -0.4 is 4.90 Å². The monoisotopic (exact) mass is 309 g/mol. The lowest BCUT2D eigenvalue weighted by Crippen LogP contribution is -2.25. The summed E-state index contributed by atoms with van der Waals surface area (Å²) in [7, 11) is 1.80. The lowest BCUT2D eigenvalue weighted by molar-refractivity contribution is 0.0996. The van der Waals surface area contributed by atoms with Crippen molar-refractivity contribution in [1.82, 2.24) is 0 Å². The molecule has 0 fully saturated rings. The van der Waals surface area contributed by atoms with Crippen molar-refractivity contribution < 1.29 is 4.79 Å². The normalized spacial score (nSPS) is 10.3. The number of benzene rings is 1. The molecule has 1 aromatic heterocycles. The van der Waals surface area contributed by atoms with Crippen LogP contribution in [0.1, 0.15) is 15.2 Å². The molecule has 0 saturated carbocycles. The Morgan fingerprint density at radius 1 is 1.24 bits per heavy atom. The Morgan fingerprint density at radius 2 is 1.94 bits per heavy atom. The summed E-state index contributed by atoms with van der Waals surface area (Å²) in [6, 6.07) is 11.6. The molecular weight excluding hydrogens is 298 g/mol. The van der Waals surface area contributed by atoms with Gasteiger partial charge in [-0.1, -0.05) is 18.2 Å². The number of nitrogens with zero attached hydrogens (tertiary/aromatic N) is 1. The molecule has 17 heavy (non-hydrogen) atoms. The van der Waals surface area contributed by atoms with Crippen molar-refractivity contribution >= 4 is 38.9 Å². The van der Waals surface area contributed by atoms with Gasteiger partial charge >= 0.3 is 0 Å². The molecule has 88 valence electrons. The van der Waals surface area contributed by atoms with Crippen molar-refractivity contribution in [2.45, 2.75) is 6.92 Å². The predicted octanol–water partition coefficient (Wildman–Crippen LogP) is 4.10. The van der Waals surface area contributed by atoms with Gasteiger partial charge in [-0.2, -0.15) is 0 Å². The molecule has 1 aromatic carbocycles. The summed E-state index contributed by atoms with van der Waals surface area (Å²) in [4.78, 5) is 14.7. The fourth-order valence-corrected chi connectivity index (χ4v) is 3.01. The topological polar surface area (TPSA) is 20.3 Å². The Balaban J connectivity index is 2.29. The van der Waals surface area contributed by atoms with Crippen molar-refractivity contribution in [3.8, 4) is 0 Å². The van der Waals surface area contributed by atoms with E-state index < -0.39 is 0 Å². The van der Waals surface area contributed by atoms with Crippen LogP contribution in [0, 0.1) is 6.92 Å². The zero-order valence-corrected chi connectivity index (χ0v) is 12.0. The van der Waals surface area contributed by atoms with E-state index in [4.69, 9.17) is 0 Å². The minimum atomic E-state index is 0.0231. The summed E-state index contributed by atoms with van der Waals surface area (Å²) in [5.74, 6) is 0.0231. The quantitative estimate of drug-likeness (QED) is 0.818. The second-order valence-electron chi connectivity index (χ2n) is 3.75. The summed E-state index contributed by atoms with van der Waals surface area (Å²) in [5.41, 5.74) is 2.04. The fourth-order valence-electron chi connectivity index (χ4n) is 1.64. The van der Waals surface area contributed by atoms with E-state index in [9.17, 15) is 4.79 Å². The molecule has 0 radical (unpaired) electrons. The summed E-state index contributed by atoms with van der Waals surface area (Å²) in [6.45, 7) is 2.00. The highest BCUT2D eigenvalue weighted by Gasteiger charge is 2.16. The Morgan fingerprint density at radius 3 is 2.53 bits per heavy atom. The Kier molecular flexibility index (Phi) is 3.64. The number of aryl methyl sites for hydroxylation is 1. The summed E-state index contributed by atoms with van der Waals surface area (Å²) in [6.07, 6.45) is 0. The minimum absolute atomic E-state index is 0.0231. The summed E-state index contributed by atoms with van der Waals surface area (Å²) < 4.78 is 0.971. The first-order valence-electron chi connectivity index (χ1n) is 5.18. The molecule has 0 aliphatic rings. The number of para-hydroxylation sites is 1. The van der Waals surface area contributed by atoms with E-state index in [1.807, 2.05) is 43.3 Å². The van der Waals surface area contributed by atoms with Crippen LogP contribution in [0.5, 0.6) is 0 Å². The molecular formula is C13H12BrNOS. The third-order valence-corrected chi connectivity index (χ3v) is 4.18. The number of anilines is 1. The highest BCUT2D eigenvalue weighted by molar-refractivity contribution is 9.11. The first-order chi connectivity index (χ1) is 8.09. The largest absolute Gasteiger partial charge is 0.310 e. The summed E-state index contributed by atoms with van der Waals surface area (Å²) in [5, 5.41) is 0. The zero-order chi connectivity index (χ0) is 12.4. The molecule has 0 saturated heterocycles. The van der Waals surface area contributed by atoms with Crippen molar-refractivity contribution in [1.29, 1.82) is 0 Å². The van der Waals surface area contributed by atoms with Crippen LogP contribution in [0.4, 0.5) is 5.69 Å². The second-order valence-corrected chi connectivity index (χ2v) is 6.22. The first-order valence-corrected chi connectivity index (χ1v) is 6.79. The number of hydrogen-bond donors (Lipinski definition) is 0. The molecule has 0 N–H and O–H groups in total. The van der Waals surface area contributed by atoms with Crippen LogP contribution in [-0.2, 0) is 0 Å². The molecule has 1 heterocycles. The van der Waals surface area contributed by atoms with Crippen molar-refractivity contribution in [3.05, 3.63) is 50.6 Å². The predicted molar refractivity (Wildman–Crippen MR) is 75.9 cm³/mol. The van der Waals surface area contributed by atoms with E-state index >= 15 is 0 Å². The average Bonchev–Trinajstić information content (AvgIpc) is 2.75. The van der Waals surface area contributed by atoms with Crippen LogP contribution in [-0.4, -0.2) is 13.0 Å². The van der Waals surface area contributed by atoms with Gasteiger partial charge in [0.05, 0.1) is 8.66 Å². The van der Waals surface area contributed by atoms with Crippen LogP contribution in [0.2, 0.25) is 0 Å². The van der Waals surface area contributed by atoms with Gasteiger partial charge in [0, 0.05) is 12.7 Å². The Hall–Kier alpha value is -1.13. The Bertz CT molecular complexity index is 550. The van der Waals surface area contributed by atoms with Gasteiger partial charge in [-0.15, -0.1) is 11.3 Å². The van der Waals surface area contributed by atoms with E-state index in [2.05, 4.69) is 15.9 Å². The van der Waals surface area contributed by atoms with Gasteiger partial charge in [0.2, 0.25) is 0 Å². The van der Waals surface area contributed by atoms with Crippen molar-refractivity contribution in [3.63, 3.8) is 0 Å². The number of carbonyl (C=O) groups excluding carboxylic acids is 1. The SMILES string of the molecule is Cc1ccccc1N(C)C(=O)c1ccc(Br)s1. The van der Waals surface area contributed by atoms with Gasteiger partial charge in [-0.3, -0.25) is 4.79 Å². The lowest BCUT2D eigenvalue weighted by atomic mass is 10.2. The standard InChI is InChI=1S/C13H12BrNOS/c1-9-5-3-4-6-10(9)15(2)13(16)11-7-8-12(14)17-11/h3-8H,1-2H3. The third kappa shape index (κ3) is 2.58. The van der Waals surface area contributed by atoms with Crippen molar-refractivity contribution in [2.24, 2.45) is 0 Å². The van der Waals surface area contributed by atoms with E-state index in [1.165, 1.54) is 11.3 Å². The number of hydrogen-bond acceptors (Lipinski definition) is 2. The van der Waals surface area contributed by atoms with E-state index in [-0.39, 0.29) is 5.91 Å². The molecule has 0 aliphatic heterocycles. The molecule has 0 aliphatic carbocycles.